The van der Waals surface area contributed by atoms with Crippen molar-refractivity contribution in [1.82, 2.24) is 10.1 Å². The lowest BCUT2D eigenvalue weighted by Gasteiger charge is -2.06. The molecule has 0 saturated heterocycles. The molecule has 2 aromatic rings. The first-order valence-electron chi connectivity index (χ1n) is 5.64. The van der Waals surface area contributed by atoms with E-state index in [9.17, 15) is 0 Å². The van der Waals surface area contributed by atoms with Crippen LogP contribution in [0.3, 0.4) is 0 Å². The van der Waals surface area contributed by atoms with E-state index in [1.165, 1.54) is 0 Å². The van der Waals surface area contributed by atoms with Crippen LogP contribution in [0.4, 0.5) is 11.5 Å². The third-order valence-corrected chi connectivity index (χ3v) is 2.26. The monoisotopic (exact) mass is 232 g/mol. The molecule has 0 radical (unpaired) electrons. The first-order chi connectivity index (χ1) is 8.28. The maximum Gasteiger partial charge on any atom is 0.156 e. The van der Waals surface area contributed by atoms with Crippen molar-refractivity contribution in [2.24, 2.45) is 0 Å². The molecule has 0 spiro atoms. The van der Waals surface area contributed by atoms with Gasteiger partial charge in [0.05, 0.1) is 12.2 Å². The Morgan fingerprint density at radius 1 is 1.29 bits per heavy atom. The molecule has 0 saturated carbocycles. The molecule has 0 fully saturated rings. The average molecular weight is 232 g/mol. The molecule has 0 amide bonds. The van der Waals surface area contributed by atoms with Gasteiger partial charge in [-0.3, -0.25) is 0 Å². The van der Waals surface area contributed by atoms with Crippen molar-refractivity contribution in [1.29, 1.82) is 0 Å². The molecule has 0 bridgehead atoms. The zero-order valence-corrected chi connectivity index (χ0v) is 10.0. The van der Waals surface area contributed by atoms with E-state index in [1.54, 1.807) is 6.20 Å². The third kappa shape index (κ3) is 3.21. The Hall–Kier alpha value is -2.04. The molecular weight excluding hydrogens is 216 g/mol. The number of anilines is 2. The summed E-state index contributed by atoms with van der Waals surface area (Å²) in [5, 5.41) is 10.3. The summed E-state index contributed by atoms with van der Waals surface area (Å²) in [5.74, 6) is 1.69. The van der Waals surface area contributed by atoms with Crippen LogP contribution in [0.5, 0.6) is 0 Å². The fraction of sp³-hybridized carbons (Fsp3) is 0.333. The van der Waals surface area contributed by atoms with Crippen molar-refractivity contribution in [3.8, 4) is 0 Å². The quantitative estimate of drug-likeness (QED) is 0.829. The van der Waals surface area contributed by atoms with E-state index < -0.39 is 0 Å². The van der Waals surface area contributed by atoms with Crippen molar-refractivity contribution >= 4 is 11.5 Å². The van der Waals surface area contributed by atoms with E-state index in [-0.39, 0.29) is 0 Å². The van der Waals surface area contributed by atoms with Gasteiger partial charge in [0.15, 0.2) is 5.76 Å². The summed E-state index contributed by atoms with van der Waals surface area (Å²) in [6.45, 7) is 5.43. The highest BCUT2D eigenvalue weighted by atomic mass is 16.5. The number of aryl methyl sites for hydroxylation is 1. The second kappa shape index (κ2) is 5.34. The molecule has 90 valence electrons. The van der Waals surface area contributed by atoms with E-state index in [2.05, 4.69) is 20.8 Å². The molecule has 2 aromatic heterocycles. The molecule has 0 atom stereocenters. The van der Waals surface area contributed by atoms with Gasteiger partial charge >= 0.3 is 0 Å². The van der Waals surface area contributed by atoms with Gasteiger partial charge in [0.1, 0.15) is 5.82 Å². The van der Waals surface area contributed by atoms with Gasteiger partial charge < -0.3 is 15.2 Å². The number of hydrogen-bond donors (Lipinski definition) is 2. The Kier molecular flexibility index (Phi) is 3.59. The van der Waals surface area contributed by atoms with Crippen LogP contribution < -0.4 is 10.6 Å². The molecule has 5 nitrogen and oxygen atoms in total. The van der Waals surface area contributed by atoms with Gasteiger partial charge in [-0.25, -0.2) is 4.98 Å². The summed E-state index contributed by atoms with van der Waals surface area (Å²) < 4.78 is 5.12. The minimum atomic E-state index is 0.621. The highest BCUT2D eigenvalue weighted by Gasteiger charge is 2.01. The van der Waals surface area contributed by atoms with Gasteiger partial charge in [0.2, 0.25) is 0 Å². The Bertz CT molecular complexity index is 481. The van der Waals surface area contributed by atoms with Gasteiger partial charge in [-0.2, -0.15) is 0 Å². The van der Waals surface area contributed by atoms with Gasteiger partial charge in [-0.1, -0.05) is 5.16 Å². The predicted molar refractivity (Wildman–Crippen MR) is 67.0 cm³/mol. The Labute approximate surface area is 100 Å². The number of hydrogen-bond acceptors (Lipinski definition) is 5. The van der Waals surface area contributed by atoms with Crippen LogP contribution in [0.2, 0.25) is 0 Å². The molecule has 0 aliphatic rings. The Morgan fingerprint density at radius 2 is 2.18 bits per heavy atom. The van der Waals surface area contributed by atoms with Crippen molar-refractivity contribution in [2.75, 3.05) is 17.2 Å². The maximum absolute atomic E-state index is 5.12. The van der Waals surface area contributed by atoms with E-state index >= 15 is 0 Å². The summed E-state index contributed by atoms with van der Waals surface area (Å²) in [7, 11) is 0. The van der Waals surface area contributed by atoms with E-state index in [0.29, 0.717) is 6.54 Å². The lowest BCUT2D eigenvalue weighted by atomic mass is 10.3. The van der Waals surface area contributed by atoms with Crippen LogP contribution in [0.1, 0.15) is 18.4 Å². The third-order valence-electron chi connectivity index (χ3n) is 2.26. The summed E-state index contributed by atoms with van der Waals surface area (Å²) in [6, 6.07) is 5.80. The zero-order valence-electron chi connectivity index (χ0n) is 10.0. The van der Waals surface area contributed by atoms with Gasteiger partial charge in [0, 0.05) is 30.6 Å². The van der Waals surface area contributed by atoms with Gasteiger partial charge in [0.25, 0.3) is 0 Å². The first kappa shape index (κ1) is 11.4. The summed E-state index contributed by atoms with van der Waals surface area (Å²) in [5.41, 5.74) is 1.90. The number of nitrogens with one attached hydrogen (secondary N) is 2. The first-order valence-corrected chi connectivity index (χ1v) is 5.64. The minimum Gasteiger partial charge on any atom is -0.378 e. The fourth-order valence-corrected chi connectivity index (χ4v) is 1.51. The SMILES string of the molecule is CCNc1cc(NCc2cc(C)no2)ccn1. The molecule has 2 N–H and O–H groups in total. The summed E-state index contributed by atoms with van der Waals surface area (Å²) in [6.07, 6.45) is 1.77. The molecule has 0 unspecified atom stereocenters. The summed E-state index contributed by atoms with van der Waals surface area (Å²) in [4.78, 5) is 4.20. The molecule has 2 heterocycles. The van der Waals surface area contributed by atoms with Gasteiger partial charge in [-0.15, -0.1) is 0 Å². The fourth-order valence-electron chi connectivity index (χ4n) is 1.51. The summed E-state index contributed by atoms with van der Waals surface area (Å²) >= 11 is 0. The topological polar surface area (TPSA) is 63.0 Å². The molecule has 5 heteroatoms. The highest BCUT2D eigenvalue weighted by molar-refractivity contribution is 5.51. The molecule has 17 heavy (non-hydrogen) atoms. The zero-order chi connectivity index (χ0) is 12.1. The Morgan fingerprint density at radius 3 is 2.88 bits per heavy atom. The Balaban J connectivity index is 1.96. The average Bonchev–Trinajstić information content (AvgIpc) is 2.74. The molecule has 2 rings (SSSR count). The molecule has 0 aromatic carbocycles. The second-order valence-electron chi connectivity index (χ2n) is 3.75. The normalized spacial score (nSPS) is 10.2. The van der Waals surface area contributed by atoms with Crippen LogP contribution in [0.25, 0.3) is 0 Å². The number of rotatable bonds is 5. The van der Waals surface area contributed by atoms with Crippen LogP contribution in [0.15, 0.2) is 28.9 Å². The van der Waals surface area contributed by atoms with E-state index in [1.807, 2.05) is 32.0 Å². The number of pyridine rings is 1. The van der Waals surface area contributed by atoms with Crippen molar-refractivity contribution in [3.63, 3.8) is 0 Å². The van der Waals surface area contributed by atoms with Crippen molar-refractivity contribution in [2.45, 2.75) is 20.4 Å². The highest BCUT2D eigenvalue weighted by Crippen LogP contribution is 2.13. The standard InChI is InChI=1S/C12H16N4O/c1-3-13-12-7-10(4-5-14-12)15-8-11-6-9(2)16-17-11/h4-7H,3,8H2,1-2H3,(H2,13,14,15). The number of aromatic nitrogens is 2. The van der Waals surface area contributed by atoms with Crippen molar-refractivity contribution in [3.05, 3.63) is 35.9 Å². The minimum absolute atomic E-state index is 0.621. The smallest absolute Gasteiger partial charge is 0.156 e. The van der Waals surface area contributed by atoms with Crippen LogP contribution in [0, 0.1) is 6.92 Å². The maximum atomic E-state index is 5.12. The lowest BCUT2D eigenvalue weighted by Crippen LogP contribution is -2.02. The van der Waals surface area contributed by atoms with Crippen molar-refractivity contribution < 1.29 is 4.52 Å². The van der Waals surface area contributed by atoms with Crippen LogP contribution in [-0.4, -0.2) is 16.7 Å². The number of nitrogens with zero attached hydrogens (tertiary/aromatic N) is 2. The van der Waals surface area contributed by atoms with Crippen LogP contribution in [-0.2, 0) is 6.54 Å². The predicted octanol–water partition coefficient (Wildman–Crippen LogP) is 2.42. The van der Waals surface area contributed by atoms with E-state index in [0.717, 1.165) is 29.5 Å². The van der Waals surface area contributed by atoms with Gasteiger partial charge in [-0.05, 0) is 19.9 Å². The largest absolute Gasteiger partial charge is 0.378 e. The van der Waals surface area contributed by atoms with E-state index in [4.69, 9.17) is 4.52 Å². The van der Waals surface area contributed by atoms with Crippen LogP contribution >= 0.6 is 0 Å². The second-order valence-corrected chi connectivity index (χ2v) is 3.75. The molecule has 0 aliphatic carbocycles. The molecule has 0 aliphatic heterocycles. The lowest BCUT2D eigenvalue weighted by molar-refractivity contribution is 0.384. The molecular formula is C12H16N4O.